The predicted octanol–water partition coefficient (Wildman–Crippen LogP) is 1.41. The third-order valence-electron chi connectivity index (χ3n) is 2.76. The van der Waals surface area contributed by atoms with Crippen LogP contribution in [-0.4, -0.2) is 23.2 Å². The van der Waals surface area contributed by atoms with Crippen molar-refractivity contribution >= 4 is 17.7 Å². The van der Waals surface area contributed by atoms with Gasteiger partial charge in [0.05, 0.1) is 0 Å². The third-order valence-corrected chi connectivity index (χ3v) is 3.99. The Balaban J connectivity index is 1.84. The molecule has 19 heavy (non-hydrogen) atoms. The monoisotopic (exact) mass is 277 g/mol. The lowest BCUT2D eigenvalue weighted by atomic mass is 10.1. The molecule has 4 nitrogen and oxygen atoms in total. The number of amides is 1. The van der Waals surface area contributed by atoms with Gasteiger partial charge in [0.2, 0.25) is 5.91 Å². The van der Waals surface area contributed by atoms with Crippen LogP contribution in [-0.2, 0) is 11.2 Å². The Morgan fingerprint density at radius 2 is 2.05 bits per heavy atom. The molecule has 3 N–H and O–H groups in total. The van der Waals surface area contributed by atoms with Gasteiger partial charge in [-0.2, -0.15) is 0 Å². The molecule has 0 spiro atoms. The molecular weight excluding hydrogens is 258 g/mol. The first-order valence-electron chi connectivity index (χ1n) is 6.26. The van der Waals surface area contributed by atoms with Crippen molar-refractivity contribution < 1.29 is 4.79 Å². The first-order valence-corrected chi connectivity index (χ1v) is 7.31. The number of carbonyl (C=O) groups excluding carboxylic acids is 1. The molecule has 0 aromatic heterocycles. The summed E-state index contributed by atoms with van der Waals surface area (Å²) in [4.78, 5) is 12.0. The summed E-state index contributed by atoms with van der Waals surface area (Å²) in [5.41, 5.74) is 8.33. The van der Waals surface area contributed by atoms with Crippen LogP contribution >= 0.6 is 11.8 Å². The van der Waals surface area contributed by atoms with Gasteiger partial charge in [-0.1, -0.05) is 42.5 Å². The molecule has 0 radical (unpaired) electrons. The van der Waals surface area contributed by atoms with Gasteiger partial charge in [0.15, 0.2) is 0 Å². The number of hydrazine groups is 1. The summed E-state index contributed by atoms with van der Waals surface area (Å²) < 4.78 is 0. The van der Waals surface area contributed by atoms with Gasteiger partial charge in [-0.25, -0.2) is 10.9 Å². The van der Waals surface area contributed by atoms with Crippen molar-refractivity contribution in [1.29, 1.82) is 0 Å². The number of hydrogen-bond donors (Lipinski definition) is 3. The lowest BCUT2D eigenvalue weighted by Crippen LogP contribution is -2.64. The molecule has 2 atom stereocenters. The van der Waals surface area contributed by atoms with Crippen LogP contribution in [0.15, 0.2) is 42.5 Å². The molecule has 1 aliphatic rings. The quantitative estimate of drug-likeness (QED) is 0.713. The Hall–Kier alpha value is -1.30. The molecule has 1 saturated heterocycles. The predicted molar refractivity (Wildman–Crippen MR) is 79.4 cm³/mol. The Labute approximate surface area is 118 Å². The number of hydrogen-bond acceptors (Lipinski definition) is 4. The molecule has 1 heterocycles. The van der Waals surface area contributed by atoms with Gasteiger partial charge in [-0.15, -0.1) is 11.8 Å². The minimum atomic E-state index is -0.232. The van der Waals surface area contributed by atoms with E-state index in [-0.39, 0.29) is 17.4 Å². The number of rotatable bonds is 5. The molecule has 1 aromatic rings. The molecule has 5 heteroatoms. The average molecular weight is 277 g/mol. The molecule has 102 valence electrons. The molecule has 1 aromatic carbocycles. The maximum Gasteiger partial charge on any atom is 0.240 e. The van der Waals surface area contributed by atoms with Crippen LogP contribution in [0.1, 0.15) is 12.5 Å². The van der Waals surface area contributed by atoms with Gasteiger partial charge in [-0.05, 0) is 18.9 Å². The highest BCUT2D eigenvalue weighted by Gasteiger charge is 2.27. The molecule has 0 saturated carbocycles. The molecular formula is C14H19N3OS. The normalized spacial score (nSPS) is 22.9. The van der Waals surface area contributed by atoms with Crippen LogP contribution in [0.4, 0.5) is 0 Å². The zero-order valence-corrected chi connectivity index (χ0v) is 11.8. The van der Waals surface area contributed by atoms with Crippen LogP contribution in [0.3, 0.4) is 0 Å². The standard InChI is InChI=1S/C14H19N3OS/c1-10(2)9-19-14-15-13(18)12(16-17-14)8-11-6-4-3-5-7-11/h3-7,12,14,16-17H,1,8-9H2,2H3,(H,15,18). The summed E-state index contributed by atoms with van der Waals surface area (Å²) in [6, 6.07) is 9.75. The maximum absolute atomic E-state index is 12.0. The summed E-state index contributed by atoms with van der Waals surface area (Å²) in [7, 11) is 0. The second-order valence-electron chi connectivity index (χ2n) is 4.69. The summed E-state index contributed by atoms with van der Waals surface area (Å²) >= 11 is 1.61. The molecule has 1 aliphatic heterocycles. The lowest BCUT2D eigenvalue weighted by molar-refractivity contribution is -0.125. The zero-order chi connectivity index (χ0) is 13.7. The van der Waals surface area contributed by atoms with Crippen molar-refractivity contribution in [2.45, 2.75) is 24.9 Å². The highest BCUT2D eigenvalue weighted by atomic mass is 32.2. The number of benzene rings is 1. The van der Waals surface area contributed by atoms with Crippen LogP contribution in [0.5, 0.6) is 0 Å². The van der Waals surface area contributed by atoms with Gasteiger partial charge in [0.1, 0.15) is 11.5 Å². The highest BCUT2D eigenvalue weighted by Crippen LogP contribution is 2.12. The minimum Gasteiger partial charge on any atom is -0.329 e. The number of thioether (sulfide) groups is 1. The Kier molecular flexibility index (Phi) is 5.01. The molecule has 0 aliphatic carbocycles. The summed E-state index contributed by atoms with van der Waals surface area (Å²) in [6.07, 6.45) is 0.678. The van der Waals surface area contributed by atoms with Crippen LogP contribution in [0, 0.1) is 0 Å². The van der Waals surface area contributed by atoms with Crippen LogP contribution < -0.4 is 16.2 Å². The lowest BCUT2D eigenvalue weighted by Gasteiger charge is -2.31. The fourth-order valence-corrected chi connectivity index (χ4v) is 2.61. The van der Waals surface area contributed by atoms with Gasteiger partial charge >= 0.3 is 0 Å². The first-order chi connectivity index (χ1) is 9.15. The van der Waals surface area contributed by atoms with E-state index in [1.54, 1.807) is 11.8 Å². The minimum absolute atomic E-state index is 0.0295. The van der Waals surface area contributed by atoms with E-state index in [4.69, 9.17) is 0 Å². The van der Waals surface area contributed by atoms with E-state index in [1.807, 2.05) is 37.3 Å². The van der Waals surface area contributed by atoms with Gasteiger partial charge in [-0.3, -0.25) is 4.79 Å². The van der Waals surface area contributed by atoms with Crippen molar-refractivity contribution in [3.63, 3.8) is 0 Å². The van der Waals surface area contributed by atoms with Gasteiger partial charge in [0, 0.05) is 5.75 Å². The summed E-state index contributed by atoms with van der Waals surface area (Å²) in [5.74, 6) is 0.852. The molecule has 0 bridgehead atoms. The Morgan fingerprint density at radius 3 is 2.68 bits per heavy atom. The number of carbonyl (C=O) groups is 1. The van der Waals surface area contributed by atoms with E-state index < -0.39 is 0 Å². The largest absolute Gasteiger partial charge is 0.329 e. The second kappa shape index (κ2) is 6.75. The van der Waals surface area contributed by atoms with Gasteiger partial charge in [0.25, 0.3) is 0 Å². The van der Waals surface area contributed by atoms with E-state index in [0.717, 1.165) is 16.9 Å². The smallest absolute Gasteiger partial charge is 0.240 e. The fourth-order valence-electron chi connectivity index (χ4n) is 1.81. The molecule has 2 rings (SSSR count). The van der Waals surface area contributed by atoms with Crippen molar-refractivity contribution in [3.05, 3.63) is 48.0 Å². The Morgan fingerprint density at radius 1 is 1.32 bits per heavy atom. The van der Waals surface area contributed by atoms with E-state index in [2.05, 4.69) is 22.7 Å². The van der Waals surface area contributed by atoms with E-state index in [9.17, 15) is 4.79 Å². The van der Waals surface area contributed by atoms with Crippen LogP contribution in [0.25, 0.3) is 0 Å². The van der Waals surface area contributed by atoms with Crippen molar-refractivity contribution in [2.24, 2.45) is 0 Å². The van der Waals surface area contributed by atoms with Gasteiger partial charge < -0.3 is 5.32 Å². The molecule has 2 unspecified atom stereocenters. The summed E-state index contributed by atoms with van der Waals surface area (Å²) in [6.45, 7) is 5.82. The average Bonchev–Trinajstić information content (AvgIpc) is 2.40. The topological polar surface area (TPSA) is 53.2 Å². The summed E-state index contributed by atoms with van der Waals surface area (Å²) in [5, 5.41) is 2.95. The van der Waals surface area contributed by atoms with Crippen LogP contribution in [0.2, 0.25) is 0 Å². The SMILES string of the molecule is C=C(C)CSC1NNC(Cc2ccccc2)C(=O)N1. The highest BCUT2D eigenvalue weighted by molar-refractivity contribution is 8.00. The molecule has 1 amide bonds. The molecule has 1 fully saturated rings. The maximum atomic E-state index is 12.0. The number of nitrogens with one attached hydrogen (secondary N) is 3. The van der Waals surface area contributed by atoms with Crippen molar-refractivity contribution in [3.8, 4) is 0 Å². The zero-order valence-electron chi connectivity index (χ0n) is 11.0. The van der Waals surface area contributed by atoms with E-state index in [0.29, 0.717) is 6.42 Å². The van der Waals surface area contributed by atoms with E-state index >= 15 is 0 Å². The fraction of sp³-hybridized carbons (Fsp3) is 0.357. The first kappa shape index (κ1) is 14.1. The second-order valence-corrected chi connectivity index (χ2v) is 5.78. The Bertz CT molecular complexity index is 449. The van der Waals surface area contributed by atoms with Crippen molar-refractivity contribution in [1.82, 2.24) is 16.2 Å². The van der Waals surface area contributed by atoms with Crippen molar-refractivity contribution in [2.75, 3.05) is 5.75 Å². The third kappa shape index (κ3) is 4.38. The van der Waals surface area contributed by atoms with E-state index in [1.165, 1.54) is 0 Å².